The maximum atomic E-state index is 4.31. The van der Waals surface area contributed by atoms with Crippen LogP contribution in [-0.4, -0.2) is 4.98 Å². The van der Waals surface area contributed by atoms with E-state index < -0.39 is 0 Å². The molecule has 0 saturated heterocycles. The van der Waals surface area contributed by atoms with Gasteiger partial charge in [-0.1, -0.05) is 48.5 Å². The highest BCUT2D eigenvalue weighted by molar-refractivity contribution is 6.17. The number of hydrogen-bond donors (Lipinski definition) is 0. The van der Waals surface area contributed by atoms with Crippen LogP contribution in [0.5, 0.6) is 0 Å². The van der Waals surface area contributed by atoms with E-state index in [2.05, 4.69) is 71.7 Å². The van der Waals surface area contributed by atoms with E-state index in [0.717, 1.165) is 0 Å². The predicted octanol–water partition coefficient (Wildman–Crippen LogP) is 5.69. The first-order chi connectivity index (χ1) is 10.9. The molecule has 22 heavy (non-hydrogen) atoms. The third kappa shape index (κ3) is 1.57. The summed E-state index contributed by atoms with van der Waals surface area (Å²) in [6, 6.07) is 24.0. The fourth-order valence-corrected chi connectivity index (χ4v) is 3.40. The van der Waals surface area contributed by atoms with E-state index in [4.69, 9.17) is 0 Å². The van der Waals surface area contributed by atoms with Gasteiger partial charge in [-0.05, 0) is 55.9 Å². The first kappa shape index (κ1) is 11.7. The van der Waals surface area contributed by atoms with Gasteiger partial charge in [0.05, 0.1) is 0 Å². The third-order valence-corrected chi connectivity index (χ3v) is 4.50. The lowest BCUT2D eigenvalue weighted by Gasteiger charge is -2.08. The zero-order valence-electron chi connectivity index (χ0n) is 12.0. The van der Waals surface area contributed by atoms with Crippen LogP contribution in [0.25, 0.3) is 43.1 Å². The number of fused-ring (bicyclic) bond motifs is 6. The molecule has 0 N–H and O–H groups in total. The number of nitrogens with zero attached hydrogens (tertiary/aromatic N) is 1. The van der Waals surface area contributed by atoms with Crippen molar-refractivity contribution >= 4 is 43.1 Å². The molecule has 0 aliphatic carbocycles. The van der Waals surface area contributed by atoms with Crippen molar-refractivity contribution in [2.24, 2.45) is 0 Å². The van der Waals surface area contributed by atoms with Gasteiger partial charge >= 0.3 is 0 Å². The minimum Gasteiger partial charge on any atom is -0.264 e. The summed E-state index contributed by atoms with van der Waals surface area (Å²) < 4.78 is 0. The molecule has 0 radical (unpaired) electrons. The number of aromatic nitrogens is 1. The Morgan fingerprint density at radius 2 is 1.18 bits per heavy atom. The van der Waals surface area contributed by atoms with Gasteiger partial charge in [0.25, 0.3) is 0 Å². The molecule has 0 amide bonds. The normalized spacial score (nSPS) is 11.6. The van der Waals surface area contributed by atoms with Crippen LogP contribution in [0.2, 0.25) is 0 Å². The average Bonchev–Trinajstić information content (AvgIpc) is 2.60. The third-order valence-electron chi connectivity index (χ3n) is 4.50. The van der Waals surface area contributed by atoms with E-state index in [-0.39, 0.29) is 0 Å². The molecule has 1 aromatic heterocycles. The summed E-state index contributed by atoms with van der Waals surface area (Å²) in [5.41, 5.74) is 0. The fourth-order valence-electron chi connectivity index (χ4n) is 3.40. The van der Waals surface area contributed by atoms with Crippen molar-refractivity contribution in [2.75, 3.05) is 0 Å². The maximum absolute atomic E-state index is 4.31. The Labute approximate surface area is 127 Å². The Bertz CT molecular complexity index is 1080. The molecule has 0 unspecified atom stereocenters. The summed E-state index contributed by atoms with van der Waals surface area (Å²) in [4.78, 5) is 4.31. The van der Waals surface area contributed by atoms with Crippen molar-refractivity contribution in [3.05, 3.63) is 79.1 Å². The molecular formula is C21H13N. The SMILES string of the molecule is c1ccc2c(c1)ccc1cc3ccc4ccncc4c3cc12. The molecule has 0 fully saturated rings. The van der Waals surface area contributed by atoms with Crippen molar-refractivity contribution < 1.29 is 0 Å². The molecule has 0 aliphatic rings. The van der Waals surface area contributed by atoms with E-state index in [0.29, 0.717) is 0 Å². The van der Waals surface area contributed by atoms with Gasteiger partial charge in [0.2, 0.25) is 0 Å². The summed E-state index contributed by atoms with van der Waals surface area (Å²) in [5.74, 6) is 0. The summed E-state index contributed by atoms with van der Waals surface area (Å²) in [7, 11) is 0. The summed E-state index contributed by atoms with van der Waals surface area (Å²) in [6.07, 6.45) is 3.82. The standard InChI is InChI=1S/C21H13N/c1-2-4-18-14(3-1)5-7-16-11-17-8-6-15-9-10-22-13-21(15)20(17)12-19(16)18/h1-13H. The molecule has 1 heterocycles. The van der Waals surface area contributed by atoms with Crippen LogP contribution < -0.4 is 0 Å². The lowest BCUT2D eigenvalue weighted by Crippen LogP contribution is -1.82. The van der Waals surface area contributed by atoms with Crippen LogP contribution in [-0.2, 0) is 0 Å². The van der Waals surface area contributed by atoms with Gasteiger partial charge in [0, 0.05) is 17.8 Å². The zero-order valence-corrected chi connectivity index (χ0v) is 12.0. The van der Waals surface area contributed by atoms with Crippen LogP contribution >= 0.6 is 0 Å². The smallest absolute Gasteiger partial charge is 0.0352 e. The lowest BCUT2D eigenvalue weighted by molar-refractivity contribution is 1.37. The van der Waals surface area contributed by atoms with Crippen LogP contribution in [0.1, 0.15) is 0 Å². The van der Waals surface area contributed by atoms with Gasteiger partial charge in [0.15, 0.2) is 0 Å². The Balaban J connectivity index is 2.05. The van der Waals surface area contributed by atoms with Gasteiger partial charge in [-0.2, -0.15) is 0 Å². The van der Waals surface area contributed by atoms with Crippen molar-refractivity contribution in [1.29, 1.82) is 0 Å². The topological polar surface area (TPSA) is 12.9 Å². The monoisotopic (exact) mass is 279 g/mol. The highest BCUT2D eigenvalue weighted by Crippen LogP contribution is 2.32. The summed E-state index contributed by atoms with van der Waals surface area (Å²) in [6.45, 7) is 0. The van der Waals surface area contributed by atoms with E-state index in [1.165, 1.54) is 43.1 Å². The van der Waals surface area contributed by atoms with E-state index in [1.807, 2.05) is 12.4 Å². The van der Waals surface area contributed by atoms with Crippen LogP contribution in [0.3, 0.4) is 0 Å². The molecule has 5 rings (SSSR count). The predicted molar refractivity (Wildman–Crippen MR) is 94.3 cm³/mol. The van der Waals surface area contributed by atoms with Gasteiger partial charge in [-0.3, -0.25) is 4.98 Å². The molecule has 1 nitrogen and oxygen atoms in total. The molecule has 102 valence electrons. The van der Waals surface area contributed by atoms with Crippen molar-refractivity contribution in [1.82, 2.24) is 4.98 Å². The minimum absolute atomic E-state index is 1.22. The second-order valence-corrected chi connectivity index (χ2v) is 5.74. The Morgan fingerprint density at radius 3 is 2.05 bits per heavy atom. The summed E-state index contributed by atoms with van der Waals surface area (Å²) in [5, 5.41) is 10.2. The number of pyridine rings is 1. The lowest BCUT2D eigenvalue weighted by atomic mass is 9.96. The quantitative estimate of drug-likeness (QED) is 0.262. The van der Waals surface area contributed by atoms with E-state index in [9.17, 15) is 0 Å². The second kappa shape index (κ2) is 4.28. The molecule has 4 aromatic carbocycles. The van der Waals surface area contributed by atoms with Gasteiger partial charge in [-0.25, -0.2) is 0 Å². The zero-order chi connectivity index (χ0) is 14.5. The Hall–Kier alpha value is -2.93. The molecule has 0 atom stereocenters. The number of benzene rings is 4. The Kier molecular flexibility index (Phi) is 2.28. The molecule has 0 saturated carbocycles. The first-order valence-electron chi connectivity index (χ1n) is 7.48. The van der Waals surface area contributed by atoms with Crippen LogP contribution in [0.4, 0.5) is 0 Å². The maximum Gasteiger partial charge on any atom is 0.0352 e. The van der Waals surface area contributed by atoms with Gasteiger partial charge in [-0.15, -0.1) is 0 Å². The van der Waals surface area contributed by atoms with E-state index in [1.54, 1.807) is 0 Å². The molecule has 0 aliphatic heterocycles. The fraction of sp³-hybridized carbons (Fsp3) is 0. The minimum atomic E-state index is 1.22. The van der Waals surface area contributed by atoms with Crippen LogP contribution in [0, 0.1) is 0 Å². The average molecular weight is 279 g/mol. The van der Waals surface area contributed by atoms with Crippen molar-refractivity contribution in [3.63, 3.8) is 0 Å². The molecule has 5 aromatic rings. The molecule has 1 heteroatoms. The van der Waals surface area contributed by atoms with Crippen molar-refractivity contribution in [2.45, 2.75) is 0 Å². The number of hydrogen-bond acceptors (Lipinski definition) is 1. The van der Waals surface area contributed by atoms with Gasteiger partial charge < -0.3 is 0 Å². The van der Waals surface area contributed by atoms with E-state index >= 15 is 0 Å². The second-order valence-electron chi connectivity index (χ2n) is 5.74. The van der Waals surface area contributed by atoms with Crippen molar-refractivity contribution in [3.8, 4) is 0 Å². The highest BCUT2D eigenvalue weighted by atomic mass is 14.6. The molecule has 0 bridgehead atoms. The largest absolute Gasteiger partial charge is 0.264 e. The first-order valence-corrected chi connectivity index (χ1v) is 7.48. The Morgan fingerprint density at radius 1 is 0.500 bits per heavy atom. The molecular weight excluding hydrogens is 266 g/mol. The van der Waals surface area contributed by atoms with Gasteiger partial charge in [0.1, 0.15) is 0 Å². The van der Waals surface area contributed by atoms with Crippen LogP contribution in [0.15, 0.2) is 79.1 Å². The summed E-state index contributed by atoms with van der Waals surface area (Å²) >= 11 is 0. The number of rotatable bonds is 0. The molecule has 0 spiro atoms. The highest BCUT2D eigenvalue weighted by Gasteiger charge is 2.05.